The minimum absolute atomic E-state index is 1.23. The van der Waals surface area contributed by atoms with Crippen LogP contribution >= 0.6 is 0 Å². The quantitative estimate of drug-likeness (QED) is 0.198. The van der Waals surface area contributed by atoms with Crippen molar-refractivity contribution < 1.29 is 0 Å². The molecule has 198 valence electrons. The lowest BCUT2D eigenvalue weighted by Crippen LogP contribution is -1.92. The van der Waals surface area contributed by atoms with Gasteiger partial charge in [-0.3, -0.25) is 0 Å². The van der Waals surface area contributed by atoms with E-state index >= 15 is 0 Å². The van der Waals surface area contributed by atoms with Gasteiger partial charge < -0.3 is 0 Å². The molecule has 8 rings (SSSR count). The van der Waals surface area contributed by atoms with Gasteiger partial charge in [0.25, 0.3) is 0 Å². The van der Waals surface area contributed by atoms with Crippen LogP contribution in [0.2, 0.25) is 0 Å². The Morgan fingerprint density at radius 3 is 1.45 bits per heavy atom. The summed E-state index contributed by atoms with van der Waals surface area (Å²) in [6.07, 6.45) is 0. The zero-order valence-corrected chi connectivity index (χ0v) is 23.9. The maximum absolute atomic E-state index is 2.45. The molecule has 0 heteroatoms. The first-order valence-electron chi connectivity index (χ1n) is 14.7. The van der Waals surface area contributed by atoms with E-state index in [1.165, 1.54) is 87.6 Å². The molecule has 8 aromatic rings. The lowest BCUT2D eigenvalue weighted by molar-refractivity contribution is 1.34. The number of rotatable bonds is 3. The number of hydrogen-bond donors (Lipinski definition) is 0. The van der Waals surface area contributed by atoms with E-state index in [1.807, 2.05) is 0 Å². The van der Waals surface area contributed by atoms with Gasteiger partial charge in [0, 0.05) is 0 Å². The van der Waals surface area contributed by atoms with E-state index in [-0.39, 0.29) is 0 Å². The largest absolute Gasteiger partial charge is 0.0622 e. The van der Waals surface area contributed by atoms with Gasteiger partial charge in [0.05, 0.1) is 0 Å². The molecule has 0 N–H and O–H groups in total. The molecule has 0 aliphatic carbocycles. The molecule has 0 radical (unpaired) electrons. The van der Waals surface area contributed by atoms with Crippen LogP contribution in [-0.2, 0) is 0 Å². The molecule has 0 spiro atoms. The predicted octanol–water partition coefficient (Wildman–Crippen LogP) is 11.9. The van der Waals surface area contributed by atoms with Gasteiger partial charge in [0.2, 0.25) is 0 Å². The second-order valence-corrected chi connectivity index (χ2v) is 11.4. The maximum atomic E-state index is 2.45. The SMILES string of the molecule is Cc1ccc(-c2cc3c4ccccc4c(-c4cc5ccccc5cc4-c4ccccc4)cc3c3ccccc23)cc1C. The van der Waals surface area contributed by atoms with Crippen LogP contribution in [-0.4, -0.2) is 0 Å². The Morgan fingerprint density at radius 1 is 0.286 bits per heavy atom. The van der Waals surface area contributed by atoms with E-state index in [0.29, 0.717) is 0 Å². The molecule has 42 heavy (non-hydrogen) atoms. The van der Waals surface area contributed by atoms with Crippen LogP contribution in [0.15, 0.2) is 146 Å². The summed E-state index contributed by atoms with van der Waals surface area (Å²) in [5.74, 6) is 0. The fraction of sp³-hybridized carbons (Fsp3) is 0.0476. The summed E-state index contributed by atoms with van der Waals surface area (Å²) in [6.45, 7) is 4.39. The van der Waals surface area contributed by atoms with Gasteiger partial charge in [-0.2, -0.15) is 0 Å². The van der Waals surface area contributed by atoms with Crippen molar-refractivity contribution in [3.05, 3.63) is 157 Å². The highest BCUT2D eigenvalue weighted by molar-refractivity contribution is 6.24. The van der Waals surface area contributed by atoms with Crippen molar-refractivity contribution in [1.29, 1.82) is 0 Å². The van der Waals surface area contributed by atoms with Crippen molar-refractivity contribution in [1.82, 2.24) is 0 Å². The minimum Gasteiger partial charge on any atom is -0.0622 e. The number of hydrogen-bond acceptors (Lipinski definition) is 0. The van der Waals surface area contributed by atoms with Gasteiger partial charge in [0.1, 0.15) is 0 Å². The van der Waals surface area contributed by atoms with Crippen molar-refractivity contribution in [2.75, 3.05) is 0 Å². The molecule has 0 saturated heterocycles. The van der Waals surface area contributed by atoms with E-state index in [2.05, 4.69) is 159 Å². The van der Waals surface area contributed by atoms with Crippen molar-refractivity contribution in [3.8, 4) is 33.4 Å². The summed E-state index contributed by atoms with van der Waals surface area (Å²) < 4.78 is 0. The summed E-state index contributed by atoms with van der Waals surface area (Å²) in [7, 11) is 0. The van der Waals surface area contributed by atoms with Crippen LogP contribution in [0.25, 0.3) is 76.5 Å². The van der Waals surface area contributed by atoms with Crippen molar-refractivity contribution in [2.45, 2.75) is 13.8 Å². The van der Waals surface area contributed by atoms with Gasteiger partial charge in [-0.05, 0) is 126 Å². The fourth-order valence-corrected chi connectivity index (χ4v) is 6.64. The molecule has 0 atom stereocenters. The molecule has 0 fully saturated rings. The highest BCUT2D eigenvalue weighted by Gasteiger charge is 2.17. The first-order valence-corrected chi connectivity index (χ1v) is 14.7. The Bertz CT molecular complexity index is 2300. The summed E-state index contributed by atoms with van der Waals surface area (Å²) in [4.78, 5) is 0. The van der Waals surface area contributed by atoms with Crippen LogP contribution in [0.4, 0.5) is 0 Å². The monoisotopic (exact) mass is 534 g/mol. The molecule has 0 unspecified atom stereocenters. The molecule has 0 amide bonds. The molecule has 0 saturated carbocycles. The summed E-state index contributed by atoms with van der Waals surface area (Å²) >= 11 is 0. The van der Waals surface area contributed by atoms with Crippen LogP contribution in [0.1, 0.15) is 11.1 Å². The van der Waals surface area contributed by atoms with Crippen molar-refractivity contribution in [3.63, 3.8) is 0 Å². The van der Waals surface area contributed by atoms with Gasteiger partial charge in [-0.1, -0.05) is 121 Å². The number of benzene rings is 8. The third kappa shape index (κ3) is 3.91. The molecular formula is C42H30. The predicted molar refractivity (Wildman–Crippen MR) is 182 cm³/mol. The van der Waals surface area contributed by atoms with E-state index < -0.39 is 0 Å². The van der Waals surface area contributed by atoms with E-state index in [1.54, 1.807) is 0 Å². The average Bonchev–Trinajstić information content (AvgIpc) is 3.05. The Labute approximate surface area is 246 Å². The first kappa shape index (κ1) is 24.6. The lowest BCUT2D eigenvalue weighted by Gasteiger charge is -2.19. The minimum atomic E-state index is 1.23. The normalized spacial score (nSPS) is 11.6. The third-order valence-electron chi connectivity index (χ3n) is 8.96. The Morgan fingerprint density at radius 2 is 0.810 bits per heavy atom. The third-order valence-corrected chi connectivity index (χ3v) is 8.96. The number of fused-ring (bicyclic) bond motifs is 6. The smallest absolute Gasteiger partial charge is 0.00923 e. The van der Waals surface area contributed by atoms with Crippen LogP contribution < -0.4 is 0 Å². The second-order valence-electron chi connectivity index (χ2n) is 11.4. The van der Waals surface area contributed by atoms with E-state index in [9.17, 15) is 0 Å². The standard InChI is InChI=1S/C42H30/c1-27-20-21-32(22-28(27)2)38-25-40-35-18-10-11-19-36(35)41(26-42(40)34-17-9-8-16-33(34)38)39-24-31-15-7-6-14-30(31)23-37(39)29-12-4-3-5-13-29/h3-26H,1-2H3. The molecule has 0 aliphatic heterocycles. The average molecular weight is 535 g/mol. The zero-order chi connectivity index (χ0) is 28.2. The molecule has 0 aliphatic rings. The van der Waals surface area contributed by atoms with Gasteiger partial charge in [0.15, 0.2) is 0 Å². The molecule has 0 aromatic heterocycles. The molecule has 0 heterocycles. The summed E-state index contributed by atoms with van der Waals surface area (Å²) in [6, 6.07) is 53.8. The van der Waals surface area contributed by atoms with Crippen molar-refractivity contribution >= 4 is 43.1 Å². The van der Waals surface area contributed by atoms with Gasteiger partial charge in [-0.15, -0.1) is 0 Å². The lowest BCUT2D eigenvalue weighted by atomic mass is 9.85. The van der Waals surface area contributed by atoms with Crippen LogP contribution in [0, 0.1) is 13.8 Å². The molecule has 0 bridgehead atoms. The number of aryl methyl sites for hydroxylation is 2. The van der Waals surface area contributed by atoms with Crippen LogP contribution in [0.3, 0.4) is 0 Å². The van der Waals surface area contributed by atoms with Crippen LogP contribution in [0.5, 0.6) is 0 Å². The summed E-state index contributed by atoms with van der Waals surface area (Å²) in [5.41, 5.74) is 10.2. The highest BCUT2D eigenvalue weighted by Crippen LogP contribution is 2.44. The Kier molecular flexibility index (Phi) is 5.69. The fourth-order valence-electron chi connectivity index (χ4n) is 6.64. The Balaban J connectivity index is 1.51. The van der Waals surface area contributed by atoms with Gasteiger partial charge >= 0.3 is 0 Å². The Hall–Kier alpha value is -5.20. The maximum Gasteiger partial charge on any atom is -0.00923 e. The van der Waals surface area contributed by atoms with E-state index in [4.69, 9.17) is 0 Å². The first-order chi connectivity index (χ1) is 20.7. The second kappa shape index (κ2) is 9.72. The highest BCUT2D eigenvalue weighted by atomic mass is 14.2. The van der Waals surface area contributed by atoms with Gasteiger partial charge in [-0.25, -0.2) is 0 Å². The molecular weight excluding hydrogens is 504 g/mol. The summed E-state index contributed by atoms with van der Waals surface area (Å²) in [5, 5.41) is 10.2. The molecule has 8 aromatic carbocycles. The van der Waals surface area contributed by atoms with E-state index in [0.717, 1.165) is 0 Å². The molecule has 0 nitrogen and oxygen atoms in total. The zero-order valence-electron chi connectivity index (χ0n) is 23.9. The van der Waals surface area contributed by atoms with Crippen molar-refractivity contribution in [2.24, 2.45) is 0 Å². The topological polar surface area (TPSA) is 0 Å².